The Bertz CT molecular complexity index is 1110. The lowest BCUT2D eigenvalue weighted by molar-refractivity contribution is -0.128. The van der Waals surface area contributed by atoms with Gasteiger partial charge in [0.1, 0.15) is 12.2 Å². The third kappa shape index (κ3) is 5.38. The van der Waals surface area contributed by atoms with Gasteiger partial charge in [-0.3, -0.25) is 19.8 Å². The Morgan fingerprint density at radius 3 is 2.58 bits per heavy atom. The molecule has 1 saturated heterocycles. The van der Waals surface area contributed by atoms with Gasteiger partial charge in [0.05, 0.1) is 21.1 Å². The van der Waals surface area contributed by atoms with Crippen LogP contribution in [0.4, 0.5) is 0 Å². The van der Waals surface area contributed by atoms with Crippen LogP contribution in [0.3, 0.4) is 0 Å². The third-order valence-corrected chi connectivity index (χ3v) is 6.02. The smallest absolute Gasteiger partial charge is 0.265 e. The van der Waals surface area contributed by atoms with Crippen LogP contribution in [0.5, 0.6) is 11.5 Å². The van der Waals surface area contributed by atoms with Crippen LogP contribution in [0.15, 0.2) is 40.4 Å². The van der Waals surface area contributed by atoms with E-state index in [1.54, 1.807) is 24.3 Å². The minimum Gasteiger partial charge on any atom is -0.490 e. The number of nitrogens with zero attached hydrogens (tertiary/aromatic N) is 1. The maximum atomic E-state index is 12.4. The van der Waals surface area contributed by atoms with E-state index in [2.05, 4.69) is 21.2 Å². The molecular formula is C21H17BrCl2N2O4S. The van der Waals surface area contributed by atoms with E-state index in [1.165, 1.54) is 18.0 Å². The first-order chi connectivity index (χ1) is 14.7. The molecule has 0 aliphatic carbocycles. The lowest BCUT2D eigenvalue weighted by Gasteiger charge is -2.25. The predicted octanol–water partition coefficient (Wildman–Crippen LogP) is 4.99. The normalized spacial score (nSPS) is 15.3. The monoisotopic (exact) mass is 542 g/mol. The number of benzene rings is 2. The highest BCUT2D eigenvalue weighted by atomic mass is 79.9. The van der Waals surface area contributed by atoms with E-state index in [0.717, 1.165) is 5.56 Å². The number of nitrogens with one attached hydrogen (secondary N) is 1. The molecular weight excluding hydrogens is 527 g/mol. The number of rotatable bonds is 6. The molecule has 6 nitrogen and oxygen atoms in total. The van der Waals surface area contributed by atoms with E-state index in [-0.39, 0.29) is 17.3 Å². The third-order valence-electron chi connectivity index (χ3n) is 4.31. The van der Waals surface area contributed by atoms with Gasteiger partial charge in [-0.2, -0.15) is 0 Å². The van der Waals surface area contributed by atoms with Crippen molar-refractivity contribution in [2.75, 3.05) is 13.7 Å². The molecule has 0 saturated carbocycles. The Labute approximate surface area is 203 Å². The lowest BCUT2D eigenvalue weighted by Crippen LogP contribution is -2.52. The Hall–Kier alpha value is -2.13. The van der Waals surface area contributed by atoms with Crippen molar-refractivity contribution < 1.29 is 19.1 Å². The maximum Gasteiger partial charge on any atom is 0.265 e. The molecule has 2 aromatic rings. The quantitative estimate of drug-likeness (QED) is 0.316. The molecule has 1 heterocycles. The number of carbonyl (C=O) groups is 2. The summed E-state index contributed by atoms with van der Waals surface area (Å²) in [5.41, 5.74) is 1.38. The van der Waals surface area contributed by atoms with Gasteiger partial charge in [-0.1, -0.05) is 29.3 Å². The van der Waals surface area contributed by atoms with Crippen molar-refractivity contribution in [3.63, 3.8) is 0 Å². The van der Waals surface area contributed by atoms with Gasteiger partial charge in [0, 0.05) is 7.05 Å². The van der Waals surface area contributed by atoms with Crippen LogP contribution in [-0.4, -0.2) is 35.5 Å². The van der Waals surface area contributed by atoms with E-state index < -0.39 is 11.8 Å². The second kappa shape index (κ2) is 9.99. The van der Waals surface area contributed by atoms with Crippen molar-refractivity contribution in [1.29, 1.82) is 0 Å². The molecule has 31 heavy (non-hydrogen) atoms. The van der Waals surface area contributed by atoms with Crippen molar-refractivity contribution in [3.05, 3.63) is 61.5 Å². The Kier molecular flexibility index (Phi) is 7.59. The van der Waals surface area contributed by atoms with Crippen LogP contribution in [0.25, 0.3) is 6.08 Å². The van der Waals surface area contributed by atoms with Gasteiger partial charge < -0.3 is 9.47 Å². The average molecular weight is 544 g/mol. The zero-order valence-electron chi connectivity index (χ0n) is 16.5. The fourth-order valence-corrected chi connectivity index (χ4v) is 3.84. The maximum absolute atomic E-state index is 12.4. The fraction of sp³-hybridized carbons (Fsp3) is 0.190. The fourth-order valence-electron chi connectivity index (χ4n) is 2.77. The van der Waals surface area contributed by atoms with Gasteiger partial charge >= 0.3 is 0 Å². The lowest BCUT2D eigenvalue weighted by atomic mass is 10.1. The van der Waals surface area contributed by atoms with Crippen LogP contribution in [-0.2, 0) is 16.2 Å². The predicted molar refractivity (Wildman–Crippen MR) is 128 cm³/mol. The number of carbonyl (C=O) groups excluding carboxylic acids is 2. The van der Waals surface area contributed by atoms with Gasteiger partial charge in [0.15, 0.2) is 16.6 Å². The summed E-state index contributed by atoms with van der Waals surface area (Å²) in [6, 6.07) is 8.66. The number of ether oxygens (including phenoxy) is 2. The van der Waals surface area contributed by atoms with E-state index in [0.29, 0.717) is 38.2 Å². The number of amides is 2. The topological polar surface area (TPSA) is 67.9 Å². The first-order valence-electron chi connectivity index (χ1n) is 9.09. The molecule has 3 rings (SSSR count). The molecule has 10 heteroatoms. The van der Waals surface area contributed by atoms with E-state index in [9.17, 15) is 9.59 Å². The number of hydrogen-bond donors (Lipinski definition) is 1. The molecule has 0 spiro atoms. The standard InChI is InChI=1S/C21H17BrCl2N2O4S/c1-3-29-17-9-12(6-13-19(27)25-21(31)26(2)20(13)28)7-14(22)18(17)30-10-11-4-5-15(23)16(24)8-11/h4-9H,3,10H2,1-2H3,(H,25,27,31)/b13-6+. The molecule has 1 aliphatic rings. The Morgan fingerprint density at radius 2 is 1.90 bits per heavy atom. The van der Waals surface area contributed by atoms with Crippen molar-refractivity contribution in [1.82, 2.24) is 10.2 Å². The summed E-state index contributed by atoms with van der Waals surface area (Å²) in [4.78, 5) is 25.9. The van der Waals surface area contributed by atoms with Gasteiger partial charge in [-0.25, -0.2) is 0 Å². The minimum atomic E-state index is -0.554. The van der Waals surface area contributed by atoms with Gasteiger partial charge in [-0.05, 0) is 76.5 Å². The molecule has 0 aromatic heterocycles. The minimum absolute atomic E-state index is 0.0325. The summed E-state index contributed by atoms with van der Waals surface area (Å²) in [5, 5.41) is 3.45. The highest BCUT2D eigenvalue weighted by Gasteiger charge is 2.30. The first-order valence-corrected chi connectivity index (χ1v) is 11.0. The zero-order valence-corrected chi connectivity index (χ0v) is 20.4. The second-order valence-corrected chi connectivity index (χ2v) is 8.54. The summed E-state index contributed by atoms with van der Waals surface area (Å²) in [7, 11) is 1.50. The molecule has 1 aliphatic heterocycles. The van der Waals surface area contributed by atoms with Crippen molar-refractivity contribution in [2.24, 2.45) is 0 Å². The van der Waals surface area contributed by atoms with E-state index in [1.807, 2.05) is 13.0 Å². The molecule has 162 valence electrons. The average Bonchev–Trinajstić information content (AvgIpc) is 2.72. The largest absolute Gasteiger partial charge is 0.490 e. The molecule has 0 radical (unpaired) electrons. The van der Waals surface area contributed by atoms with Gasteiger partial charge in [-0.15, -0.1) is 0 Å². The molecule has 2 amide bonds. The highest BCUT2D eigenvalue weighted by molar-refractivity contribution is 9.10. The van der Waals surface area contributed by atoms with Crippen LogP contribution in [0, 0.1) is 0 Å². The summed E-state index contributed by atoms with van der Waals surface area (Å²) < 4.78 is 12.3. The highest BCUT2D eigenvalue weighted by Crippen LogP contribution is 2.38. The Balaban J connectivity index is 1.91. The molecule has 0 bridgehead atoms. The summed E-state index contributed by atoms with van der Waals surface area (Å²) >= 11 is 20.5. The van der Waals surface area contributed by atoms with Crippen LogP contribution in [0.2, 0.25) is 10.0 Å². The van der Waals surface area contributed by atoms with Crippen molar-refractivity contribution >= 4 is 74.4 Å². The summed E-state index contributed by atoms with van der Waals surface area (Å²) in [5.74, 6) is -0.103. The first kappa shape index (κ1) is 23.5. The van der Waals surface area contributed by atoms with Gasteiger partial charge in [0.25, 0.3) is 11.8 Å². The molecule has 1 fully saturated rings. The number of likely N-dealkylation sites (N-methyl/N-ethyl adjacent to an activating group) is 1. The number of halogens is 3. The summed E-state index contributed by atoms with van der Waals surface area (Å²) in [6.45, 7) is 2.47. The molecule has 2 aromatic carbocycles. The van der Waals surface area contributed by atoms with Crippen LogP contribution in [0.1, 0.15) is 18.1 Å². The van der Waals surface area contributed by atoms with Crippen LogP contribution >= 0.6 is 51.3 Å². The number of hydrogen-bond acceptors (Lipinski definition) is 5. The molecule has 0 atom stereocenters. The Morgan fingerprint density at radius 1 is 1.16 bits per heavy atom. The van der Waals surface area contributed by atoms with E-state index >= 15 is 0 Å². The summed E-state index contributed by atoms with van der Waals surface area (Å²) in [6.07, 6.45) is 1.48. The van der Waals surface area contributed by atoms with E-state index in [4.69, 9.17) is 44.9 Å². The van der Waals surface area contributed by atoms with Crippen molar-refractivity contribution in [3.8, 4) is 11.5 Å². The number of thiocarbonyl (C=S) groups is 1. The molecule has 0 unspecified atom stereocenters. The second-order valence-electron chi connectivity index (χ2n) is 6.48. The van der Waals surface area contributed by atoms with Crippen LogP contribution < -0.4 is 14.8 Å². The van der Waals surface area contributed by atoms with Crippen molar-refractivity contribution in [2.45, 2.75) is 13.5 Å². The SMILES string of the molecule is CCOc1cc(/C=C2\C(=O)NC(=S)N(C)C2=O)cc(Br)c1OCc1ccc(Cl)c(Cl)c1. The molecule has 1 N–H and O–H groups in total. The zero-order chi connectivity index (χ0) is 22.7. The van der Waals surface area contributed by atoms with Gasteiger partial charge in [0.2, 0.25) is 0 Å².